The third kappa shape index (κ3) is 5.74. The SMILES string of the molecule is Cc1ccc(OC2CCN(C(=O)CCc3c(C)nc(N4CCOCC4)[nH]c3=O)CC2)cc1C. The van der Waals surface area contributed by atoms with E-state index >= 15 is 0 Å². The number of aryl methyl sites for hydroxylation is 3. The smallest absolute Gasteiger partial charge is 0.255 e. The number of aromatic amines is 1. The van der Waals surface area contributed by atoms with Crippen LogP contribution in [0.1, 0.15) is 41.6 Å². The minimum Gasteiger partial charge on any atom is -0.490 e. The molecule has 4 rings (SSSR count). The van der Waals surface area contributed by atoms with Crippen molar-refractivity contribution in [2.75, 3.05) is 44.3 Å². The van der Waals surface area contributed by atoms with Gasteiger partial charge in [0.1, 0.15) is 11.9 Å². The van der Waals surface area contributed by atoms with Gasteiger partial charge in [-0.2, -0.15) is 0 Å². The molecule has 178 valence electrons. The molecule has 1 aromatic heterocycles. The number of hydrogen-bond acceptors (Lipinski definition) is 6. The normalized spacial score (nSPS) is 17.3. The summed E-state index contributed by atoms with van der Waals surface area (Å²) in [5.74, 6) is 1.56. The minimum atomic E-state index is -0.155. The molecule has 0 radical (unpaired) electrons. The molecule has 3 heterocycles. The monoisotopic (exact) mass is 454 g/mol. The lowest BCUT2D eigenvalue weighted by Gasteiger charge is -2.32. The van der Waals surface area contributed by atoms with E-state index in [1.807, 2.05) is 22.8 Å². The maximum atomic E-state index is 12.8. The van der Waals surface area contributed by atoms with Crippen LogP contribution in [-0.4, -0.2) is 66.3 Å². The van der Waals surface area contributed by atoms with Crippen LogP contribution in [0, 0.1) is 20.8 Å². The summed E-state index contributed by atoms with van der Waals surface area (Å²) in [6, 6.07) is 6.17. The van der Waals surface area contributed by atoms with Crippen LogP contribution in [0.4, 0.5) is 5.95 Å². The van der Waals surface area contributed by atoms with Crippen molar-refractivity contribution in [3.8, 4) is 5.75 Å². The van der Waals surface area contributed by atoms with Crippen molar-refractivity contribution in [1.29, 1.82) is 0 Å². The van der Waals surface area contributed by atoms with Crippen molar-refractivity contribution in [2.24, 2.45) is 0 Å². The highest BCUT2D eigenvalue weighted by Gasteiger charge is 2.24. The van der Waals surface area contributed by atoms with E-state index in [1.165, 1.54) is 11.1 Å². The first kappa shape index (κ1) is 23.3. The lowest BCUT2D eigenvalue weighted by atomic mass is 10.1. The van der Waals surface area contributed by atoms with Crippen LogP contribution >= 0.6 is 0 Å². The highest BCUT2D eigenvalue weighted by molar-refractivity contribution is 5.76. The molecule has 2 aliphatic rings. The summed E-state index contributed by atoms with van der Waals surface area (Å²) in [7, 11) is 0. The summed E-state index contributed by atoms with van der Waals surface area (Å²) in [6.45, 7) is 10.1. The van der Waals surface area contributed by atoms with E-state index in [1.54, 1.807) is 0 Å². The second-order valence-corrected chi connectivity index (χ2v) is 9.00. The zero-order chi connectivity index (χ0) is 23.4. The average molecular weight is 455 g/mol. The number of hydrogen-bond donors (Lipinski definition) is 1. The molecular weight excluding hydrogens is 420 g/mol. The molecule has 0 spiro atoms. The van der Waals surface area contributed by atoms with Gasteiger partial charge in [-0.25, -0.2) is 4.98 Å². The number of carbonyl (C=O) groups excluding carboxylic acids is 1. The summed E-state index contributed by atoms with van der Waals surface area (Å²) in [5, 5.41) is 0. The lowest BCUT2D eigenvalue weighted by molar-refractivity contribution is -0.132. The molecule has 8 nitrogen and oxygen atoms in total. The number of likely N-dealkylation sites (tertiary alicyclic amines) is 1. The van der Waals surface area contributed by atoms with Crippen LogP contribution < -0.4 is 15.2 Å². The number of piperidine rings is 1. The first-order valence-corrected chi connectivity index (χ1v) is 11.8. The largest absolute Gasteiger partial charge is 0.490 e. The van der Waals surface area contributed by atoms with Crippen LogP contribution in [0.25, 0.3) is 0 Å². The number of rotatable bonds is 6. The van der Waals surface area contributed by atoms with Gasteiger partial charge in [-0.1, -0.05) is 6.07 Å². The van der Waals surface area contributed by atoms with E-state index in [0.717, 1.165) is 18.6 Å². The van der Waals surface area contributed by atoms with Gasteiger partial charge < -0.3 is 19.3 Å². The first-order chi connectivity index (χ1) is 15.9. The first-order valence-electron chi connectivity index (χ1n) is 11.8. The molecule has 1 N–H and O–H groups in total. The van der Waals surface area contributed by atoms with Crippen LogP contribution in [0.2, 0.25) is 0 Å². The summed E-state index contributed by atoms with van der Waals surface area (Å²) in [5.41, 5.74) is 3.60. The molecule has 8 heteroatoms. The van der Waals surface area contributed by atoms with Crippen molar-refractivity contribution in [1.82, 2.24) is 14.9 Å². The topological polar surface area (TPSA) is 87.8 Å². The molecule has 2 fully saturated rings. The zero-order valence-corrected chi connectivity index (χ0v) is 19.9. The van der Waals surface area contributed by atoms with E-state index < -0.39 is 0 Å². The van der Waals surface area contributed by atoms with Crippen molar-refractivity contribution in [3.05, 3.63) is 50.9 Å². The zero-order valence-electron chi connectivity index (χ0n) is 19.9. The summed E-state index contributed by atoms with van der Waals surface area (Å²) in [4.78, 5) is 36.8. The Balaban J connectivity index is 1.28. The number of nitrogens with one attached hydrogen (secondary N) is 1. The van der Waals surface area contributed by atoms with Gasteiger partial charge in [0.25, 0.3) is 5.56 Å². The second kappa shape index (κ2) is 10.4. The fourth-order valence-electron chi connectivity index (χ4n) is 4.41. The predicted octanol–water partition coefficient (Wildman–Crippen LogP) is 2.53. The Morgan fingerprint density at radius 2 is 1.85 bits per heavy atom. The van der Waals surface area contributed by atoms with Gasteiger partial charge in [-0.3, -0.25) is 14.6 Å². The molecule has 0 bridgehead atoms. The lowest BCUT2D eigenvalue weighted by Crippen LogP contribution is -2.42. The van der Waals surface area contributed by atoms with Gasteiger partial charge in [0, 0.05) is 56.7 Å². The number of amides is 1. The number of carbonyl (C=O) groups is 1. The van der Waals surface area contributed by atoms with E-state index in [9.17, 15) is 9.59 Å². The third-order valence-electron chi connectivity index (χ3n) is 6.69. The minimum absolute atomic E-state index is 0.0793. The Morgan fingerprint density at radius 3 is 2.52 bits per heavy atom. The van der Waals surface area contributed by atoms with E-state index in [2.05, 4.69) is 35.9 Å². The Hall–Kier alpha value is -2.87. The fraction of sp³-hybridized carbons (Fsp3) is 0.560. The average Bonchev–Trinajstić information content (AvgIpc) is 2.82. The Bertz CT molecular complexity index is 1040. The highest BCUT2D eigenvalue weighted by atomic mass is 16.5. The second-order valence-electron chi connectivity index (χ2n) is 9.00. The highest BCUT2D eigenvalue weighted by Crippen LogP contribution is 2.22. The van der Waals surface area contributed by atoms with Gasteiger partial charge in [-0.05, 0) is 50.5 Å². The van der Waals surface area contributed by atoms with Crippen LogP contribution in [0.15, 0.2) is 23.0 Å². The molecule has 2 aromatic rings. The van der Waals surface area contributed by atoms with Gasteiger partial charge in [-0.15, -0.1) is 0 Å². The summed E-state index contributed by atoms with van der Waals surface area (Å²) < 4.78 is 11.5. The molecule has 1 aromatic carbocycles. The van der Waals surface area contributed by atoms with Crippen molar-refractivity contribution in [3.63, 3.8) is 0 Å². The van der Waals surface area contributed by atoms with Crippen molar-refractivity contribution < 1.29 is 14.3 Å². The van der Waals surface area contributed by atoms with Crippen LogP contribution in [-0.2, 0) is 16.0 Å². The molecule has 0 aliphatic carbocycles. The summed E-state index contributed by atoms with van der Waals surface area (Å²) >= 11 is 0. The van der Waals surface area contributed by atoms with Gasteiger partial charge >= 0.3 is 0 Å². The van der Waals surface area contributed by atoms with Gasteiger partial charge in [0.05, 0.1) is 13.2 Å². The predicted molar refractivity (Wildman–Crippen MR) is 127 cm³/mol. The number of aromatic nitrogens is 2. The number of nitrogens with zero attached hydrogens (tertiary/aromatic N) is 3. The Kier molecular flexibility index (Phi) is 7.33. The molecule has 33 heavy (non-hydrogen) atoms. The Labute approximate surface area is 194 Å². The molecule has 0 saturated carbocycles. The number of morpholine rings is 1. The van der Waals surface area contributed by atoms with E-state index in [-0.39, 0.29) is 17.6 Å². The quantitative estimate of drug-likeness (QED) is 0.722. The molecule has 1 amide bonds. The van der Waals surface area contributed by atoms with Gasteiger partial charge in [0.15, 0.2) is 0 Å². The molecule has 0 atom stereocenters. The molecule has 2 aliphatic heterocycles. The third-order valence-corrected chi connectivity index (χ3v) is 6.69. The van der Waals surface area contributed by atoms with Crippen LogP contribution in [0.3, 0.4) is 0 Å². The maximum Gasteiger partial charge on any atom is 0.255 e. The van der Waals surface area contributed by atoms with Crippen molar-refractivity contribution in [2.45, 2.75) is 52.6 Å². The number of anilines is 1. The van der Waals surface area contributed by atoms with E-state index in [4.69, 9.17) is 9.47 Å². The molecule has 2 saturated heterocycles. The number of ether oxygens (including phenoxy) is 2. The van der Waals surface area contributed by atoms with E-state index in [0.29, 0.717) is 69.4 Å². The van der Waals surface area contributed by atoms with Crippen molar-refractivity contribution >= 4 is 11.9 Å². The maximum absolute atomic E-state index is 12.8. The molecular formula is C25H34N4O4. The number of benzene rings is 1. The standard InChI is InChI=1S/C25H34N4O4/c1-17-4-5-21(16-18(17)2)33-20-8-10-28(11-9-20)23(30)7-6-22-19(3)26-25(27-24(22)31)29-12-14-32-15-13-29/h4-5,16,20H,6-15H2,1-3H3,(H,26,27,31). The van der Waals surface area contributed by atoms with Crippen LogP contribution in [0.5, 0.6) is 5.75 Å². The Morgan fingerprint density at radius 1 is 1.12 bits per heavy atom. The summed E-state index contributed by atoms with van der Waals surface area (Å²) in [6.07, 6.45) is 2.46. The van der Waals surface area contributed by atoms with Gasteiger partial charge in [0.2, 0.25) is 11.9 Å². The fourth-order valence-corrected chi connectivity index (χ4v) is 4.41. The number of H-pyrrole nitrogens is 1. The molecule has 0 unspecified atom stereocenters.